The summed E-state index contributed by atoms with van der Waals surface area (Å²) in [5, 5.41) is 168. The molecule has 16 N–H and O–H groups in total. The average molecular weight is 2070 g/mol. The second-order valence-corrected chi connectivity index (χ2v) is 55.9. The van der Waals surface area contributed by atoms with Crippen LogP contribution in [0.5, 0.6) is 0 Å². The summed E-state index contributed by atoms with van der Waals surface area (Å²) in [5.74, 6) is 3.99. The lowest BCUT2D eigenvalue weighted by atomic mass is 9.43. The van der Waals surface area contributed by atoms with Crippen molar-refractivity contribution >= 4 is 67.1 Å². The van der Waals surface area contributed by atoms with Crippen molar-refractivity contribution in [2.45, 2.75) is 407 Å². The van der Waals surface area contributed by atoms with E-state index in [4.69, 9.17) is 20.4 Å². The highest BCUT2D eigenvalue weighted by molar-refractivity contribution is 8.77. The molecule has 16 saturated carbocycles. The molecule has 0 aliphatic heterocycles. The molecule has 16 fully saturated rings. The van der Waals surface area contributed by atoms with Crippen LogP contribution in [0.1, 0.15) is 314 Å². The molecule has 0 saturated heterocycles. The van der Waals surface area contributed by atoms with Crippen molar-refractivity contribution in [2.24, 2.45) is 185 Å². The smallest absolute Gasteiger partial charge is 0.303 e. The first-order valence-corrected chi connectivity index (χ1v) is 60.5. The molecule has 44 atom stereocenters. The summed E-state index contributed by atoms with van der Waals surface area (Å²) in [5.41, 5.74) is -0.572. The third kappa shape index (κ3) is 23.1. The van der Waals surface area contributed by atoms with E-state index in [1.54, 1.807) is 43.2 Å². The van der Waals surface area contributed by atoms with E-state index < -0.39 is 48.3 Å². The van der Waals surface area contributed by atoms with Crippen LogP contribution in [0, 0.1) is 185 Å². The zero-order valence-corrected chi connectivity index (χ0v) is 91.5. The van der Waals surface area contributed by atoms with Gasteiger partial charge in [0.2, 0.25) is 0 Å². The number of hydrogen-bond donors (Lipinski definition) is 16. The molecular formula is C120H180O20S4. The number of aliphatic carboxylic acids is 4. The molecule has 24 heteroatoms. The lowest BCUT2D eigenvalue weighted by molar-refractivity contribution is -0.207. The van der Waals surface area contributed by atoms with Crippen molar-refractivity contribution < 1.29 is 101 Å². The third-order valence-electron chi connectivity index (χ3n) is 44.8. The molecule has 4 aromatic carbocycles. The molecular weight excluding hydrogens is 1890 g/mol. The highest BCUT2D eigenvalue weighted by Crippen LogP contribution is 2.75. The van der Waals surface area contributed by atoms with Crippen LogP contribution in [0.15, 0.2) is 141 Å². The van der Waals surface area contributed by atoms with Gasteiger partial charge in [-0.1, -0.05) is 199 Å². The van der Waals surface area contributed by atoms with Gasteiger partial charge in [0, 0.05) is 45.3 Å². The summed E-state index contributed by atoms with van der Waals surface area (Å²) in [6.45, 7) is 26.9. The van der Waals surface area contributed by atoms with Crippen molar-refractivity contribution in [1.82, 2.24) is 0 Å². The Morgan fingerprint density at radius 1 is 0.257 bits per heavy atom. The fourth-order valence-electron chi connectivity index (χ4n) is 36.8. The molecule has 0 spiro atoms. The van der Waals surface area contributed by atoms with Gasteiger partial charge in [-0.15, -0.1) is 0 Å². The maximum Gasteiger partial charge on any atom is 0.303 e. The Morgan fingerprint density at radius 2 is 0.438 bits per heavy atom. The predicted octanol–water partition coefficient (Wildman–Crippen LogP) is 22.8. The quantitative estimate of drug-likeness (QED) is 0.0325. The molecule has 0 amide bonds. The number of rotatable bonds is 22. The molecule has 16 aliphatic carbocycles. The summed E-state index contributed by atoms with van der Waals surface area (Å²) in [4.78, 5) is 49.4. The van der Waals surface area contributed by atoms with Gasteiger partial charge in [0.05, 0.1) is 73.2 Å². The molecule has 0 aromatic heterocycles. The molecule has 0 bridgehead atoms. The Bertz CT molecular complexity index is 4230. The summed E-state index contributed by atoms with van der Waals surface area (Å²) < 4.78 is 0. The van der Waals surface area contributed by atoms with Gasteiger partial charge >= 0.3 is 23.9 Å². The fourth-order valence-corrected chi connectivity index (χ4v) is 40.8. The first-order valence-electron chi connectivity index (χ1n) is 56.2. The van der Waals surface area contributed by atoms with E-state index in [1.807, 2.05) is 24.3 Å². The minimum Gasteiger partial charge on any atom is -0.481 e. The molecule has 20 nitrogen and oxygen atoms in total. The predicted molar refractivity (Wildman–Crippen MR) is 569 cm³/mol. The zero-order chi connectivity index (χ0) is 104. The average Bonchev–Trinajstić information content (AvgIpc) is 1.44. The van der Waals surface area contributed by atoms with E-state index in [-0.39, 0.29) is 165 Å². The largest absolute Gasteiger partial charge is 0.481 e. The van der Waals surface area contributed by atoms with E-state index in [1.165, 1.54) is 19.6 Å². The van der Waals surface area contributed by atoms with E-state index in [0.29, 0.717) is 120 Å². The van der Waals surface area contributed by atoms with Gasteiger partial charge in [0.1, 0.15) is 0 Å². The number of benzene rings is 4. The first-order chi connectivity index (χ1) is 68.2. The zero-order valence-electron chi connectivity index (χ0n) is 88.2. The fraction of sp³-hybridized carbons (Fsp3) is 0.767. The minimum atomic E-state index is -0.748. The standard InChI is InChI=1S/4C24H40O5.2C12H10S2/c4*1-13(4-7-21(28)29)16-5-6-17-22-18(12-20(27)24(16,17)3)23(2)9-8-15(25)10-14(23)11-19(22)26;2*1-3-7-11(8-4-1)13-14-12-9-5-2-6-10-12/h4*13-20,22,25-27H,4-12H2,1-3H3,(H,28,29);2*1-10H/t4*13-,14+,15-,16-,17+,18+,19-,20+,22+,23+,24-;;/m1111../s1. The van der Waals surface area contributed by atoms with E-state index in [2.05, 4.69) is 180 Å². The van der Waals surface area contributed by atoms with Crippen molar-refractivity contribution in [1.29, 1.82) is 0 Å². The molecule has 16 aliphatic rings. The molecule has 20 rings (SSSR count). The van der Waals surface area contributed by atoms with Gasteiger partial charge < -0.3 is 81.7 Å². The Kier molecular flexibility index (Phi) is 37.4. The lowest BCUT2D eigenvalue weighted by Crippen LogP contribution is -2.62. The Balaban J connectivity index is 0.000000133. The number of carbonyl (C=O) groups is 4. The highest BCUT2D eigenvalue weighted by atomic mass is 33.1. The second-order valence-electron chi connectivity index (χ2n) is 51.3. The number of aliphatic hydroxyl groups excluding tert-OH is 12. The van der Waals surface area contributed by atoms with Crippen LogP contribution in [0.3, 0.4) is 0 Å². The summed E-state index contributed by atoms with van der Waals surface area (Å²) >= 11 is 0. The van der Waals surface area contributed by atoms with Crippen LogP contribution in [0.4, 0.5) is 0 Å². The number of aliphatic hydroxyl groups is 12. The number of carboxylic acids is 4. The van der Waals surface area contributed by atoms with Crippen LogP contribution < -0.4 is 0 Å². The molecule has 0 radical (unpaired) electrons. The Morgan fingerprint density at radius 3 is 0.611 bits per heavy atom. The SMILES string of the molecule is C[C@H](CCC(=O)O)[C@H]1CC[C@H]2[C@@H]3[C@H](O)C[C@@H]4C[C@H](O)CC[C@]4(C)[C@H]3C[C@H](O)[C@]12C.C[C@H](CCC(=O)O)[C@H]1CC[C@H]2[C@@H]3[C@H](O)C[C@@H]4C[C@H](O)CC[C@]4(C)[C@H]3C[C@H](O)[C@]12C.C[C@H](CCC(=O)O)[C@H]1CC[C@H]2[C@@H]3[C@H](O)C[C@@H]4C[C@H](O)CC[C@]4(C)[C@H]3C[C@H](O)[C@]12C.C[C@H](CCC(=O)O)[C@H]1CC[C@H]2[C@@H]3[C@H](O)C[C@@H]4C[C@H](O)CC[C@]4(C)[C@H]3C[C@H](O)[C@]12C.c1ccc(SSc2ccccc2)cc1.c1ccc(SSc2ccccc2)cc1. The van der Waals surface area contributed by atoms with E-state index in [0.717, 1.165) is 180 Å². The molecule has 4 aromatic rings. The number of hydrogen-bond acceptors (Lipinski definition) is 20. The molecule has 0 heterocycles. The maximum atomic E-state index is 11.5. The van der Waals surface area contributed by atoms with Gasteiger partial charge in [0.25, 0.3) is 0 Å². The van der Waals surface area contributed by atoms with Crippen LogP contribution in [-0.4, -0.2) is 179 Å². The Labute approximate surface area is 875 Å². The summed E-state index contributed by atoms with van der Waals surface area (Å²) in [7, 11) is 7.16. The third-order valence-corrected chi connectivity index (χ3v) is 49.6. The Hall–Kier alpha value is -4.32. The van der Waals surface area contributed by atoms with Crippen LogP contribution in [-0.2, 0) is 19.2 Å². The number of fused-ring (bicyclic) bond motifs is 20. The van der Waals surface area contributed by atoms with Crippen LogP contribution in [0.25, 0.3) is 0 Å². The normalized spacial score (nSPS) is 44.6. The topological polar surface area (TPSA) is 392 Å². The highest BCUT2D eigenvalue weighted by Gasteiger charge is 2.72. The summed E-state index contributed by atoms with van der Waals surface area (Å²) in [6, 6.07) is 41.7. The van der Waals surface area contributed by atoms with Gasteiger partial charge in [0.15, 0.2) is 0 Å². The van der Waals surface area contributed by atoms with Crippen molar-refractivity contribution in [3.63, 3.8) is 0 Å². The van der Waals surface area contributed by atoms with Gasteiger partial charge in [-0.25, -0.2) is 0 Å². The van der Waals surface area contributed by atoms with Gasteiger partial charge in [-0.2, -0.15) is 0 Å². The minimum absolute atomic E-state index is 0.0957. The van der Waals surface area contributed by atoms with Crippen LogP contribution in [0.2, 0.25) is 0 Å². The second kappa shape index (κ2) is 47.3. The molecule has 804 valence electrons. The van der Waals surface area contributed by atoms with E-state index >= 15 is 0 Å². The summed E-state index contributed by atoms with van der Waals surface area (Å²) in [6.07, 6.45) is 24.0. The van der Waals surface area contributed by atoms with E-state index in [9.17, 15) is 80.5 Å². The molecule has 144 heavy (non-hydrogen) atoms. The molecule has 0 unspecified atom stereocenters. The van der Waals surface area contributed by atoms with Gasteiger partial charge in [-0.05, 0) is 439 Å². The van der Waals surface area contributed by atoms with Crippen molar-refractivity contribution in [3.05, 3.63) is 121 Å². The number of carboxylic acid groups (broad SMARTS) is 4. The lowest BCUT2D eigenvalue weighted by Gasteiger charge is -2.63. The monoisotopic (exact) mass is 2070 g/mol. The van der Waals surface area contributed by atoms with Crippen LogP contribution >= 0.6 is 43.2 Å². The first kappa shape index (κ1) is 114. The van der Waals surface area contributed by atoms with Crippen molar-refractivity contribution in [2.75, 3.05) is 0 Å². The van der Waals surface area contributed by atoms with Gasteiger partial charge in [-0.3, -0.25) is 19.2 Å². The van der Waals surface area contributed by atoms with Crippen molar-refractivity contribution in [3.8, 4) is 0 Å². The maximum absolute atomic E-state index is 11.5.